The molecule has 0 saturated heterocycles. The Morgan fingerprint density at radius 1 is 0.962 bits per heavy atom. The van der Waals surface area contributed by atoms with E-state index < -0.39 is 24.4 Å². The quantitative estimate of drug-likeness (QED) is 0.584. The van der Waals surface area contributed by atoms with Crippen LogP contribution in [0.1, 0.15) is 31.1 Å². The average molecular weight is 361 g/mol. The number of imide groups is 1. The topological polar surface area (TPSA) is 72.9 Å². The lowest BCUT2D eigenvalue weighted by molar-refractivity contribution is -0.0498. The maximum Gasteiger partial charge on any atom is 0.387 e. The summed E-state index contributed by atoms with van der Waals surface area (Å²) in [6.45, 7) is -3.21. The van der Waals surface area contributed by atoms with Crippen molar-refractivity contribution in [2.75, 3.05) is 13.2 Å². The van der Waals surface area contributed by atoms with Crippen LogP contribution >= 0.6 is 0 Å². The van der Waals surface area contributed by atoms with Gasteiger partial charge in [-0.05, 0) is 36.4 Å². The number of carbonyl (C=O) groups is 3. The van der Waals surface area contributed by atoms with E-state index in [0.29, 0.717) is 11.1 Å². The molecule has 0 radical (unpaired) electrons. The summed E-state index contributed by atoms with van der Waals surface area (Å²) in [5, 5.41) is 0. The predicted octanol–water partition coefficient (Wildman–Crippen LogP) is 2.74. The van der Waals surface area contributed by atoms with Crippen molar-refractivity contribution >= 4 is 17.8 Å². The number of halogens is 2. The van der Waals surface area contributed by atoms with E-state index in [4.69, 9.17) is 4.74 Å². The van der Waals surface area contributed by atoms with E-state index >= 15 is 0 Å². The summed E-state index contributed by atoms with van der Waals surface area (Å²) >= 11 is 0. The number of amides is 2. The third-order valence-electron chi connectivity index (χ3n) is 3.74. The van der Waals surface area contributed by atoms with Gasteiger partial charge in [-0.15, -0.1) is 0 Å². The molecule has 0 spiro atoms. The molecule has 1 aliphatic heterocycles. The van der Waals surface area contributed by atoms with Crippen LogP contribution in [0.25, 0.3) is 0 Å². The van der Waals surface area contributed by atoms with Gasteiger partial charge in [0.05, 0.1) is 23.2 Å². The Hall–Kier alpha value is -3.29. The Bertz CT molecular complexity index is 816. The van der Waals surface area contributed by atoms with Crippen molar-refractivity contribution in [1.29, 1.82) is 0 Å². The average Bonchev–Trinajstić information content (AvgIpc) is 2.87. The molecule has 0 fully saturated rings. The minimum Gasteiger partial charge on any atom is -0.460 e. The minimum absolute atomic E-state index is 0.0787. The van der Waals surface area contributed by atoms with Crippen molar-refractivity contribution in [3.8, 4) is 5.75 Å². The number of fused-ring (bicyclic) bond motifs is 1. The lowest BCUT2D eigenvalue weighted by Gasteiger charge is -2.13. The van der Waals surface area contributed by atoms with Gasteiger partial charge in [0.15, 0.2) is 0 Å². The molecular weight excluding hydrogens is 348 g/mol. The van der Waals surface area contributed by atoms with Crippen molar-refractivity contribution in [3.05, 3.63) is 65.2 Å². The lowest BCUT2D eigenvalue weighted by Crippen LogP contribution is -2.33. The van der Waals surface area contributed by atoms with Gasteiger partial charge in [-0.25, -0.2) is 4.79 Å². The van der Waals surface area contributed by atoms with Crippen LogP contribution in [0.15, 0.2) is 48.5 Å². The number of alkyl halides is 2. The normalized spacial score (nSPS) is 13.1. The molecule has 6 nitrogen and oxygen atoms in total. The number of hydrogen-bond donors (Lipinski definition) is 0. The summed E-state index contributed by atoms with van der Waals surface area (Å²) in [6.07, 6.45) is 0. The van der Waals surface area contributed by atoms with Crippen LogP contribution in [-0.4, -0.2) is 42.4 Å². The molecule has 0 aliphatic carbocycles. The molecule has 3 rings (SSSR count). The molecule has 2 aromatic rings. The van der Waals surface area contributed by atoms with E-state index in [0.717, 1.165) is 4.90 Å². The van der Waals surface area contributed by atoms with Gasteiger partial charge in [-0.2, -0.15) is 8.78 Å². The fraction of sp³-hybridized carbons (Fsp3) is 0.167. The fourth-order valence-electron chi connectivity index (χ4n) is 2.53. The van der Waals surface area contributed by atoms with E-state index in [1.54, 1.807) is 24.3 Å². The van der Waals surface area contributed by atoms with Crippen molar-refractivity contribution in [2.45, 2.75) is 6.61 Å². The number of esters is 1. The van der Waals surface area contributed by atoms with Crippen LogP contribution in [0.4, 0.5) is 8.78 Å². The van der Waals surface area contributed by atoms with Gasteiger partial charge in [0, 0.05) is 0 Å². The van der Waals surface area contributed by atoms with Gasteiger partial charge in [0.2, 0.25) is 0 Å². The summed E-state index contributed by atoms with van der Waals surface area (Å²) in [4.78, 5) is 37.3. The van der Waals surface area contributed by atoms with Crippen LogP contribution < -0.4 is 4.74 Å². The molecule has 2 amide bonds. The van der Waals surface area contributed by atoms with E-state index in [-0.39, 0.29) is 24.5 Å². The first kappa shape index (κ1) is 17.5. The molecule has 0 aromatic heterocycles. The first-order chi connectivity index (χ1) is 12.5. The van der Waals surface area contributed by atoms with E-state index in [9.17, 15) is 23.2 Å². The van der Waals surface area contributed by atoms with E-state index in [1.165, 1.54) is 24.3 Å². The van der Waals surface area contributed by atoms with Gasteiger partial charge in [-0.1, -0.05) is 12.1 Å². The fourth-order valence-corrected chi connectivity index (χ4v) is 2.53. The minimum atomic E-state index is -2.95. The molecule has 134 valence electrons. The van der Waals surface area contributed by atoms with Gasteiger partial charge in [-0.3, -0.25) is 14.5 Å². The lowest BCUT2D eigenvalue weighted by atomic mass is 10.1. The molecule has 2 aromatic carbocycles. The van der Waals surface area contributed by atoms with Crippen LogP contribution in [-0.2, 0) is 4.74 Å². The number of ether oxygens (including phenoxy) is 2. The van der Waals surface area contributed by atoms with Crippen molar-refractivity contribution < 1.29 is 32.6 Å². The summed E-state index contributed by atoms with van der Waals surface area (Å²) in [5.41, 5.74) is 0.769. The second-order valence-corrected chi connectivity index (χ2v) is 5.35. The van der Waals surface area contributed by atoms with E-state index in [2.05, 4.69) is 4.74 Å². The maximum absolute atomic E-state index is 12.2. The van der Waals surface area contributed by atoms with Crippen LogP contribution in [0.2, 0.25) is 0 Å². The number of hydrogen-bond acceptors (Lipinski definition) is 5. The van der Waals surface area contributed by atoms with Crippen LogP contribution in [0.3, 0.4) is 0 Å². The molecular formula is C18H13F2NO5. The van der Waals surface area contributed by atoms with Gasteiger partial charge >= 0.3 is 12.6 Å². The SMILES string of the molecule is O=C(OCCN1C(=O)c2ccccc2C1=O)c1ccc(OC(F)F)cc1. The highest BCUT2D eigenvalue weighted by Gasteiger charge is 2.34. The number of carbonyl (C=O) groups excluding carboxylic acids is 3. The second kappa shape index (κ2) is 7.30. The van der Waals surface area contributed by atoms with Crippen molar-refractivity contribution in [2.24, 2.45) is 0 Å². The second-order valence-electron chi connectivity index (χ2n) is 5.35. The number of benzene rings is 2. The predicted molar refractivity (Wildman–Crippen MR) is 85.2 cm³/mol. The number of nitrogens with zero attached hydrogens (tertiary/aromatic N) is 1. The van der Waals surface area contributed by atoms with Crippen molar-refractivity contribution in [3.63, 3.8) is 0 Å². The summed E-state index contributed by atoms with van der Waals surface area (Å²) < 4.78 is 33.4. The highest BCUT2D eigenvalue weighted by Crippen LogP contribution is 2.22. The van der Waals surface area contributed by atoms with Crippen LogP contribution in [0, 0.1) is 0 Å². The summed E-state index contributed by atoms with van der Waals surface area (Å²) in [7, 11) is 0. The monoisotopic (exact) mass is 361 g/mol. The third-order valence-corrected chi connectivity index (χ3v) is 3.74. The molecule has 0 atom stereocenters. The first-order valence-corrected chi connectivity index (χ1v) is 7.64. The zero-order chi connectivity index (χ0) is 18.7. The van der Waals surface area contributed by atoms with Crippen LogP contribution in [0.5, 0.6) is 5.75 Å². The Labute approximate surface area is 146 Å². The van der Waals surface area contributed by atoms with Crippen molar-refractivity contribution in [1.82, 2.24) is 4.90 Å². The maximum atomic E-state index is 12.2. The highest BCUT2D eigenvalue weighted by atomic mass is 19.3. The molecule has 8 heteroatoms. The first-order valence-electron chi connectivity index (χ1n) is 7.64. The number of rotatable bonds is 6. The zero-order valence-electron chi connectivity index (χ0n) is 13.4. The zero-order valence-corrected chi connectivity index (χ0v) is 13.4. The molecule has 0 unspecified atom stereocenters. The smallest absolute Gasteiger partial charge is 0.387 e. The van der Waals surface area contributed by atoms with Gasteiger partial charge < -0.3 is 9.47 Å². The van der Waals surface area contributed by atoms with E-state index in [1.807, 2.05) is 0 Å². The molecule has 0 saturated carbocycles. The third kappa shape index (κ3) is 3.53. The summed E-state index contributed by atoms with van der Waals surface area (Å²) in [5.74, 6) is -1.65. The molecule has 0 bridgehead atoms. The Morgan fingerprint density at radius 3 is 2.08 bits per heavy atom. The molecule has 26 heavy (non-hydrogen) atoms. The molecule has 1 aliphatic rings. The Balaban J connectivity index is 1.55. The standard InChI is InChI=1S/C18H13F2NO5/c19-18(20)26-12-7-5-11(6-8-12)17(24)25-10-9-21-15(22)13-3-1-2-4-14(13)16(21)23/h1-8,18H,9-10H2. The highest BCUT2D eigenvalue weighted by molar-refractivity contribution is 6.21. The van der Waals surface area contributed by atoms with Gasteiger partial charge in [0.1, 0.15) is 12.4 Å². The molecule has 0 N–H and O–H groups in total. The summed E-state index contributed by atoms with van der Waals surface area (Å²) in [6, 6.07) is 11.4. The Morgan fingerprint density at radius 2 is 1.54 bits per heavy atom. The largest absolute Gasteiger partial charge is 0.460 e. The van der Waals surface area contributed by atoms with Gasteiger partial charge in [0.25, 0.3) is 11.8 Å². The molecule has 1 heterocycles. The Kier molecular flexibility index (Phi) is 4.92.